The fourth-order valence-corrected chi connectivity index (χ4v) is 2.23. The van der Waals surface area contributed by atoms with E-state index in [9.17, 15) is 0 Å². The second-order valence-corrected chi connectivity index (χ2v) is 5.21. The lowest BCUT2D eigenvalue weighted by Gasteiger charge is -2.06. The Bertz CT molecular complexity index is 651. The summed E-state index contributed by atoms with van der Waals surface area (Å²) < 4.78 is 0.660. The van der Waals surface area contributed by atoms with Gasteiger partial charge in [0.05, 0.1) is 0 Å². The summed E-state index contributed by atoms with van der Waals surface area (Å²) in [5.41, 5.74) is 9.07. The van der Waals surface area contributed by atoms with Gasteiger partial charge in [0, 0.05) is 21.3 Å². The van der Waals surface area contributed by atoms with Gasteiger partial charge in [0.25, 0.3) is 0 Å². The Balaban J connectivity index is 2.23. The summed E-state index contributed by atoms with van der Waals surface area (Å²) in [5, 5.41) is 7.70. The van der Waals surface area contributed by atoms with Crippen LogP contribution in [-0.2, 0) is 0 Å². The summed E-state index contributed by atoms with van der Waals surface area (Å²) in [5.74, 6) is 1.09. The molecule has 6 nitrogen and oxygen atoms in total. The highest BCUT2D eigenvalue weighted by Crippen LogP contribution is 2.27. The number of azide groups is 1. The normalized spacial score (nSPS) is 10.3. The lowest BCUT2D eigenvalue weighted by Crippen LogP contribution is -2.03. The first-order valence-electron chi connectivity index (χ1n) is 6.51. The van der Waals surface area contributed by atoms with Crippen LogP contribution in [0.3, 0.4) is 0 Å². The van der Waals surface area contributed by atoms with Gasteiger partial charge < -0.3 is 5.32 Å². The summed E-state index contributed by atoms with van der Waals surface area (Å²) in [6.45, 7) is 3.07. The summed E-state index contributed by atoms with van der Waals surface area (Å²) in [6.07, 6.45) is 3.51. The third kappa shape index (κ3) is 3.59. The SMILES string of the molecule is CCCCCNc1ccc2cc(Br)c(N=[N+]=[N-])nc2n1. The van der Waals surface area contributed by atoms with Crippen LogP contribution in [0.4, 0.5) is 11.6 Å². The third-order valence-corrected chi connectivity index (χ3v) is 3.42. The molecule has 0 aromatic carbocycles. The molecule has 0 saturated heterocycles. The highest BCUT2D eigenvalue weighted by molar-refractivity contribution is 9.10. The number of fused-ring (bicyclic) bond motifs is 1. The van der Waals surface area contributed by atoms with Crippen LogP contribution in [0.5, 0.6) is 0 Å². The minimum atomic E-state index is 0.302. The molecule has 0 unspecified atom stereocenters. The Morgan fingerprint density at radius 3 is 2.95 bits per heavy atom. The number of nitrogens with zero attached hydrogens (tertiary/aromatic N) is 5. The van der Waals surface area contributed by atoms with Crippen LogP contribution in [0.2, 0.25) is 0 Å². The average molecular weight is 335 g/mol. The van der Waals surface area contributed by atoms with Gasteiger partial charge >= 0.3 is 0 Å². The van der Waals surface area contributed by atoms with Crippen LogP contribution in [0, 0.1) is 0 Å². The molecule has 0 aliphatic carbocycles. The Morgan fingerprint density at radius 2 is 2.20 bits per heavy atom. The second-order valence-electron chi connectivity index (χ2n) is 4.36. The maximum absolute atomic E-state index is 8.50. The van der Waals surface area contributed by atoms with Crippen molar-refractivity contribution in [2.75, 3.05) is 11.9 Å². The Morgan fingerprint density at radius 1 is 1.35 bits per heavy atom. The molecule has 2 heterocycles. The molecule has 0 spiro atoms. The molecule has 0 aliphatic rings. The van der Waals surface area contributed by atoms with Crippen molar-refractivity contribution in [3.63, 3.8) is 0 Å². The molecule has 2 aromatic heterocycles. The van der Waals surface area contributed by atoms with Gasteiger partial charge in [-0.15, -0.1) is 0 Å². The zero-order valence-electron chi connectivity index (χ0n) is 11.2. The van der Waals surface area contributed by atoms with Crippen molar-refractivity contribution in [1.29, 1.82) is 0 Å². The predicted molar refractivity (Wildman–Crippen MR) is 84.1 cm³/mol. The number of unbranched alkanes of at least 4 members (excludes halogenated alkanes) is 2. The highest BCUT2D eigenvalue weighted by atomic mass is 79.9. The number of pyridine rings is 2. The first-order chi connectivity index (χ1) is 9.74. The molecule has 0 bridgehead atoms. The van der Waals surface area contributed by atoms with E-state index in [1.165, 1.54) is 12.8 Å². The molecule has 104 valence electrons. The van der Waals surface area contributed by atoms with Crippen molar-refractivity contribution in [1.82, 2.24) is 9.97 Å². The van der Waals surface area contributed by atoms with Crippen LogP contribution >= 0.6 is 15.9 Å². The Labute approximate surface area is 125 Å². The monoisotopic (exact) mass is 334 g/mol. The molecule has 0 atom stereocenters. The van der Waals surface area contributed by atoms with Crippen LogP contribution in [-0.4, -0.2) is 16.5 Å². The van der Waals surface area contributed by atoms with Crippen molar-refractivity contribution in [2.24, 2.45) is 5.11 Å². The van der Waals surface area contributed by atoms with Crippen molar-refractivity contribution in [3.8, 4) is 0 Å². The van der Waals surface area contributed by atoms with Crippen LogP contribution in [0.1, 0.15) is 26.2 Å². The molecule has 2 rings (SSSR count). The number of anilines is 1. The molecule has 20 heavy (non-hydrogen) atoms. The Hall–Kier alpha value is -1.85. The number of rotatable bonds is 6. The van der Waals surface area contributed by atoms with Crippen molar-refractivity contribution < 1.29 is 0 Å². The van der Waals surface area contributed by atoms with Gasteiger partial charge in [0.2, 0.25) is 0 Å². The number of halogens is 1. The van der Waals surface area contributed by atoms with Gasteiger partial charge in [-0.1, -0.05) is 19.8 Å². The van der Waals surface area contributed by atoms with Gasteiger partial charge in [-0.05, 0) is 51.2 Å². The van der Waals surface area contributed by atoms with Gasteiger partial charge in [0.1, 0.15) is 11.6 Å². The third-order valence-electron chi connectivity index (χ3n) is 2.84. The molecule has 1 N–H and O–H groups in total. The van der Waals surface area contributed by atoms with Gasteiger partial charge in [0.15, 0.2) is 5.65 Å². The standard InChI is InChI=1S/C13H15BrN6/c1-2-3-4-7-16-11-6-5-9-8-10(14)13(19-20-15)18-12(9)17-11/h5-6,8H,2-4,7H2,1H3,(H,16,17,18). The number of hydrogen-bond acceptors (Lipinski definition) is 4. The van der Waals surface area contributed by atoms with Crippen molar-refractivity contribution in [2.45, 2.75) is 26.2 Å². The number of aromatic nitrogens is 2. The first-order valence-corrected chi connectivity index (χ1v) is 7.30. The van der Waals surface area contributed by atoms with Crippen molar-refractivity contribution >= 4 is 38.6 Å². The van der Waals surface area contributed by atoms with Gasteiger partial charge in [-0.3, -0.25) is 0 Å². The molecule has 0 radical (unpaired) electrons. The maximum atomic E-state index is 8.50. The quantitative estimate of drug-likeness (QED) is 0.351. The largest absolute Gasteiger partial charge is 0.370 e. The molecular weight excluding hydrogens is 320 g/mol. The van der Waals surface area contributed by atoms with E-state index in [0.29, 0.717) is 15.9 Å². The Kier molecular flexibility index (Phi) is 5.15. The number of hydrogen-bond donors (Lipinski definition) is 1. The minimum Gasteiger partial charge on any atom is -0.370 e. The average Bonchev–Trinajstić information content (AvgIpc) is 2.45. The fourth-order valence-electron chi connectivity index (χ4n) is 1.82. The van der Waals surface area contributed by atoms with E-state index in [4.69, 9.17) is 5.53 Å². The number of nitrogens with one attached hydrogen (secondary N) is 1. The molecule has 2 aromatic rings. The maximum Gasteiger partial charge on any atom is 0.162 e. The summed E-state index contributed by atoms with van der Waals surface area (Å²) >= 11 is 3.33. The second kappa shape index (κ2) is 7.07. The van der Waals surface area contributed by atoms with E-state index in [0.717, 1.165) is 24.2 Å². The van der Waals surface area contributed by atoms with Crippen LogP contribution < -0.4 is 5.32 Å². The molecule has 0 saturated carbocycles. The summed E-state index contributed by atoms with van der Waals surface area (Å²) in [4.78, 5) is 11.4. The highest BCUT2D eigenvalue weighted by Gasteiger charge is 2.05. The van der Waals surface area contributed by atoms with E-state index in [2.05, 4.69) is 48.2 Å². The van der Waals surface area contributed by atoms with E-state index < -0.39 is 0 Å². The summed E-state index contributed by atoms with van der Waals surface area (Å²) in [6, 6.07) is 5.72. The van der Waals surface area contributed by atoms with E-state index in [1.807, 2.05) is 18.2 Å². The van der Waals surface area contributed by atoms with Crippen molar-refractivity contribution in [3.05, 3.63) is 33.1 Å². The lowest BCUT2D eigenvalue weighted by atomic mass is 10.2. The van der Waals surface area contributed by atoms with Gasteiger partial charge in [-0.25, -0.2) is 9.97 Å². The molecular formula is C13H15BrN6. The first kappa shape index (κ1) is 14.6. The zero-order valence-corrected chi connectivity index (χ0v) is 12.8. The topological polar surface area (TPSA) is 86.6 Å². The van der Waals surface area contributed by atoms with E-state index >= 15 is 0 Å². The van der Waals surface area contributed by atoms with Crippen LogP contribution in [0.15, 0.2) is 27.8 Å². The zero-order chi connectivity index (χ0) is 14.4. The molecule has 0 fully saturated rings. The van der Waals surface area contributed by atoms with Gasteiger partial charge in [-0.2, -0.15) is 0 Å². The fraction of sp³-hybridized carbons (Fsp3) is 0.385. The molecule has 0 amide bonds. The minimum absolute atomic E-state index is 0.302. The van der Waals surface area contributed by atoms with E-state index in [-0.39, 0.29) is 0 Å². The summed E-state index contributed by atoms with van der Waals surface area (Å²) in [7, 11) is 0. The lowest BCUT2D eigenvalue weighted by molar-refractivity contribution is 0.742. The predicted octanol–water partition coefficient (Wildman–Crippen LogP) is 4.94. The molecule has 7 heteroatoms. The smallest absolute Gasteiger partial charge is 0.162 e. The van der Waals surface area contributed by atoms with E-state index in [1.54, 1.807) is 0 Å². The molecule has 0 aliphatic heterocycles. The van der Waals surface area contributed by atoms with Crippen LogP contribution in [0.25, 0.3) is 21.5 Å².